The van der Waals surface area contributed by atoms with Crippen LogP contribution in [-0.2, 0) is 4.79 Å². The van der Waals surface area contributed by atoms with E-state index in [-0.39, 0.29) is 11.8 Å². The lowest BCUT2D eigenvalue weighted by Gasteiger charge is -2.14. The van der Waals surface area contributed by atoms with Crippen molar-refractivity contribution < 1.29 is 9.53 Å². The van der Waals surface area contributed by atoms with Gasteiger partial charge in [-0.15, -0.1) is 11.6 Å². The van der Waals surface area contributed by atoms with Crippen LogP contribution in [0.4, 0.5) is 5.69 Å². The van der Waals surface area contributed by atoms with Gasteiger partial charge in [0.25, 0.3) is 0 Å². The SMILES string of the molecule is CCOc1cc(C)ccc1NC(=O)C(C)CCl. The smallest absolute Gasteiger partial charge is 0.228 e. The molecule has 1 N–H and O–H groups in total. The number of aryl methyl sites for hydroxylation is 1. The lowest BCUT2D eigenvalue weighted by atomic mass is 10.1. The summed E-state index contributed by atoms with van der Waals surface area (Å²) in [7, 11) is 0. The van der Waals surface area contributed by atoms with Crippen molar-refractivity contribution in [2.75, 3.05) is 17.8 Å². The van der Waals surface area contributed by atoms with Crippen LogP contribution in [0.5, 0.6) is 5.75 Å². The summed E-state index contributed by atoms with van der Waals surface area (Å²) < 4.78 is 5.48. The van der Waals surface area contributed by atoms with Gasteiger partial charge >= 0.3 is 0 Å². The number of nitrogens with one attached hydrogen (secondary N) is 1. The van der Waals surface area contributed by atoms with Crippen LogP contribution in [0.2, 0.25) is 0 Å². The summed E-state index contributed by atoms with van der Waals surface area (Å²) >= 11 is 5.65. The van der Waals surface area contributed by atoms with E-state index < -0.39 is 0 Å². The molecule has 1 amide bonds. The molecule has 1 aromatic rings. The standard InChI is InChI=1S/C13H18ClNO2/c1-4-17-12-7-9(2)5-6-11(12)15-13(16)10(3)8-14/h5-7,10H,4,8H2,1-3H3,(H,15,16). The second-order valence-electron chi connectivity index (χ2n) is 3.98. The third-order valence-electron chi connectivity index (χ3n) is 2.37. The summed E-state index contributed by atoms with van der Waals surface area (Å²) in [6, 6.07) is 5.69. The van der Waals surface area contributed by atoms with Crippen molar-refractivity contribution in [1.82, 2.24) is 0 Å². The molecule has 0 saturated carbocycles. The first kappa shape index (κ1) is 13.8. The zero-order valence-electron chi connectivity index (χ0n) is 10.4. The van der Waals surface area contributed by atoms with Crippen LogP contribution in [0.3, 0.4) is 0 Å². The van der Waals surface area contributed by atoms with Gasteiger partial charge in [0.1, 0.15) is 5.75 Å². The van der Waals surface area contributed by atoms with Crippen LogP contribution in [0.25, 0.3) is 0 Å². The largest absolute Gasteiger partial charge is 0.492 e. The number of benzene rings is 1. The van der Waals surface area contributed by atoms with Crippen LogP contribution >= 0.6 is 11.6 Å². The molecule has 0 aliphatic rings. The number of hydrogen-bond donors (Lipinski definition) is 1. The van der Waals surface area contributed by atoms with Crippen molar-refractivity contribution in [2.24, 2.45) is 5.92 Å². The third kappa shape index (κ3) is 3.93. The predicted octanol–water partition coefficient (Wildman–Crippen LogP) is 3.21. The van der Waals surface area contributed by atoms with Gasteiger partial charge in [-0.3, -0.25) is 4.79 Å². The number of amides is 1. The Balaban J connectivity index is 2.86. The Morgan fingerprint density at radius 3 is 2.82 bits per heavy atom. The Labute approximate surface area is 107 Å². The highest BCUT2D eigenvalue weighted by molar-refractivity contribution is 6.19. The number of hydrogen-bond acceptors (Lipinski definition) is 2. The maximum atomic E-state index is 11.7. The minimum Gasteiger partial charge on any atom is -0.492 e. The number of anilines is 1. The average Bonchev–Trinajstić information content (AvgIpc) is 2.31. The molecule has 1 atom stereocenters. The number of ether oxygens (including phenoxy) is 1. The monoisotopic (exact) mass is 255 g/mol. The fourth-order valence-electron chi connectivity index (χ4n) is 1.33. The highest BCUT2D eigenvalue weighted by Gasteiger charge is 2.13. The summed E-state index contributed by atoms with van der Waals surface area (Å²) in [6.07, 6.45) is 0. The third-order valence-corrected chi connectivity index (χ3v) is 2.84. The molecule has 17 heavy (non-hydrogen) atoms. The molecule has 0 spiro atoms. The normalized spacial score (nSPS) is 12.0. The molecule has 0 bridgehead atoms. The molecule has 1 aromatic carbocycles. The molecule has 94 valence electrons. The second kappa shape index (κ2) is 6.50. The highest BCUT2D eigenvalue weighted by atomic mass is 35.5. The first-order chi connectivity index (χ1) is 8.08. The Kier molecular flexibility index (Phi) is 5.29. The Morgan fingerprint density at radius 1 is 1.53 bits per heavy atom. The molecule has 0 aliphatic carbocycles. The van der Waals surface area contributed by atoms with Crippen LogP contribution < -0.4 is 10.1 Å². The first-order valence-electron chi connectivity index (χ1n) is 5.68. The Hall–Kier alpha value is -1.22. The zero-order valence-corrected chi connectivity index (χ0v) is 11.2. The fraction of sp³-hybridized carbons (Fsp3) is 0.462. The van der Waals surface area contributed by atoms with Gasteiger partial charge in [0.05, 0.1) is 12.3 Å². The lowest BCUT2D eigenvalue weighted by molar-refractivity contribution is -0.118. The maximum absolute atomic E-state index is 11.7. The van der Waals surface area contributed by atoms with Crippen LogP contribution in [0.1, 0.15) is 19.4 Å². The zero-order chi connectivity index (χ0) is 12.8. The van der Waals surface area contributed by atoms with E-state index in [1.54, 1.807) is 6.92 Å². The number of rotatable bonds is 5. The van der Waals surface area contributed by atoms with Gasteiger partial charge in [-0.2, -0.15) is 0 Å². The summed E-state index contributed by atoms with van der Waals surface area (Å²) in [5.74, 6) is 0.696. The summed E-state index contributed by atoms with van der Waals surface area (Å²) in [5.41, 5.74) is 1.79. The van der Waals surface area contributed by atoms with E-state index in [0.717, 1.165) is 5.56 Å². The number of carbonyl (C=O) groups is 1. The van der Waals surface area contributed by atoms with Gasteiger partial charge in [-0.05, 0) is 31.5 Å². The molecular weight excluding hydrogens is 238 g/mol. The average molecular weight is 256 g/mol. The number of alkyl halides is 1. The topological polar surface area (TPSA) is 38.3 Å². The molecule has 1 unspecified atom stereocenters. The number of carbonyl (C=O) groups excluding carboxylic acids is 1. The van der Waals surface area contributed by atoms with E-state index in [1.165, 1.54) is 0 Å². The molecule has 0 radical (unpaired) electrons. The van der Waals surface area contributed by atoms with Gasteiger partial charge in [0.2, 0.25) is 5.91 Å². The van der Waals surface area contributed by atoms with Crippen LogP contribution in [-0.4, -0.2) is 18.4 Å². The van der Waals surface area contributed by atoms with E-state index in [9.17, 15) is 4.79 Å². The molecule has 4 heteroatoms. The van der Waals surface area contributed by atoms with E-state index in [0.29, 0.717) is 23.9 Å². The van der Waals surface area contributed by atoms with E-state index >= 15 is 0 Å². The summed E-state index contributed by atoms with van der Waals surface area (Å²) in [4.78, 5) is 11.7. The van der Waals surface area contributed by atoms with Crippen molar-refractivity contribution in [2.45, 2.75) is 20.8 Å². The fourth-order valence-corrected chi connectivity index (χ4v) is 1.47. The Morgan fingerprint density at radius 2 is 2.24 bits per heavy atom. The van der Waals surface area contributed by atoms with Crippen LogP contribution in [0.15, 0.2) is 18.2 Å². The van der Waals surface area contributed by atoms with E-state index in [1.807, 2.05) is 32.0 Å². The van der Waals surface area contributed by atoms with Gasteiger partial charge in [0, 0.05) is 11.8 Å². The molecule has 0 aliphatic heterocycles. The molecule has 0 aromatic heterocycles. The summed E-state index contributed by atoms with van der Waals surface area (Å²) in [5, 5.41) is 2.82. The van der Waals surface area contributed by atoms with Crippen LogP contribution in [0, 0.1) is 12.8 Å². The van der Waals surface area contributed by atoms with Crippen molar-refractivity contribution in [3.05, 3.63) is 23.8 Å². The minimum atomic E-state index is -0.215. The summed E-state index contributed by atoms with van der Waals surface area (Å²) in [6.45, 7) is 6.25. The molecule has 0 fully saturated rings. The quantitative estimate of drug-likeness (QED) is 0.821. The second-order valence-corrected chi connectivity index (χ2v) is 4.29. The van der Waals surface area contributed by atoms with Crippen molar-refractivity contribution in [3.63, 3.8) is 0 Å². The first-order valence-corrected chi connectivity index (χ1v) is 6.22. The maximum Gasteiger partial charge on any atom is 0.228 e. The van der Waals surface area contributed by atoms with Gasteiger partial charge < -0.3 is 10.1 Å². The van der Waals surface area contributed by atoms with Gasteiger partial charge in [-0.1, -0.05) is 13.0 Å². The molecule has 0 heterocycles. The highest BCUT2D eigenvalue weighted by Crippen LogP contribution is 2.26. The van der Waals surface area contributed by atoms with Crippen molar-refractivity contribution in [3.8, 4) is 5.75 Å². The molecule has 1 rings (SSSR count). The van der Waals surface area contributed by atoms with E-state index in [2.05, 4.69) is 5.32 Å². The number of halogens is 1. The molecule has 3 nitrogen and oxygen atoms in total. The Bertz CT molecular complexity index is 393. The predicted molar refractivity (Wildman–Crippen MR) is 70.9 cm³/mol. The van der Waals surface area contributed by atoms with Gasteiger partial charge in [-0.25, -0.2) is 0 Å². The molecule has 0 saturated heterocycles. The lowest BCUT2D eigenvalue weighted by Crippen LogP contribution is -2.21. The minimum absolute atomic E-state index is 0.0928. The van der Waals surface area contributed by atoms with Gasteiger partial charge in [0.15, 0.2) is 0 Å². The van der Waals surface area contributed by atoms with E-state index in [4.69, 9.17) is 16.3 Å². The van der Waals surface area contributed by atoms with Crippen molar-refractivity contribution >= 4 is 23.2 Å². The molecular formula is C13H18ClNO2. The van der Waals surface area contributed by atoms with Crippen molar-refractivity contribution in [1.29, 1.82) is 0 Å².